The summed E-state index contributed by atoms with van der Waals surface area (Å²) in [7, 11) is 1.56. The Labute approximate surface area is 143 Å². The zero-order valence-corrected chi connectivity index (χ0v) is 14.0. The van der Waals surface area contributed by atoms with Crippen molar-refractivity contribution < 1.29 is 4.84 Å². The van der Waals surface area contributed by atoms with Crippen LogP contribution in [0.1, 0.15) is 24.2 Å². The number of nitrogens with zero attached hydrogens (tertiary/aromatic N) is 5. The second kappa shape index (κ2) is 6.45. The minimum Gasteiger partial charge on any atom is -0.399 e. The third-order valence-corrected chi connectivity index (χ3v) is 4.89. The quantitative estimate of drug-likeness (QED) is 0.685. The van der Waals surface area contributed by atoms with E-state index in [2.05, 4.69) is 20.1 Å². The molecule has 0 fully saturated rings. The van der Waals surface area contributed by atoms with Gasteiger partial charge >= 0.3 is 0 Å². The highest BCUT2D eigenvalue weighted by atomic mass is 32.1. The van der Waals surface area contributed by atoms with Gasteiger partial charge in [-0.05, 0) is 31.4 Å². The highest BCUT2D eigenvalue weighted by Crippen LogP contribution is 2.31. The van der Waals surface area contributed by atoms with Crippen LogP contribution in [0, 0.1) is 0 Å². The van der Waals surface area contributed by atoms with Crippen LogP contribution in [-0.4, -0.2) is 32.8 Å². The van der Waals surface area contributed by atoms with Crippen LogP contribution in [0.5, 0.6) is 0 Å². The number of aryl methyl sites for hydroxylation is 1. The standard InChI is InChI=1S/C17H15N5OS/c1-23-22-13-6-2-5-12-16(13)21-14(9-19-12)15-10-20-17(24-15)11-4-3-7-18-8-11/h3-4,7-10H,2,5-6H2,1H3/b22-13+. The van der Waals surface area contributed by atoms with E-state index < -0.39 is 0 Å². The molecule has 6 nitrogen and oxygen atoms in total. The number of rotatable bonds is 3. The van der Waals surface area contributed by atoms with Gasteiger partial charge in [0.1, 0.15) is 29.2 Å². The Balaban J connectivity index is 1.72. The molecular formula is C17H15N5OS. The molecule has 4 rings (SSSR count). The van der Waals surface area contributed by atoms with Crippen molar-refractivity contribution in [1.82, 2.24) is 19.9 Å². The molecule has 1 aliphatic rings. The van der Waals surface area contributed by atoms with Gasteiger partial charge in [0.25, 0.3) is 0 Å². The highest BCUT2D eigenvalue weighted by molar-refractivity contribution is 7.18. The lowest BCUT2D eigenvalue weighted by Gasteiger charge is -2.15. The van der Waals surface area contributed by atoms with Gasteiger partial charge in [-0.15, -0.1) is 11.3 Å². The molecule has 0 amide bonds. The first-order chi connectivity index (χ1) is 11.8. The first kappa shape index (κ1) is 14.9. The van der Waals surface area contributed by atoms with Gasteiger partial charge in [0.2, 0.25) is 0 Å². The highest BCUT2D eigenvalue weighted by Gasteiger charge is 2.20. The van der Waals surface area contributed by atoms with Crippen molar-refractivity contribution in [1.29, 1.82) is 0 Å². The van der Waals surface area contributed by atoms with Gasteiger partial charge in [0.05, 0.1) is 16.8 Å². The van der Waals surface area contributed by atoms with Gasteiger partial charge in [-0.25, -0.2) is 9.97 Å². The summed E-state index contributed by atoms with van der Waals surface area (Å²) in [6.45, 7) is 0. The Hall–Kier alpha value is -2.67. The normalized spacial score (nSPS) is 15.3. The molecule has 3 aromatic rings. The van der Waals surface area contributed by atoms with Gasteiger partial charge in [-0.3, -0.25) is 9.97 Å². The zero-order chi connectivity index (χ0) is 16.4. The number of fused-ring (bicyclic) bond motifs is 1. The Morgan fingerprint density at radius 2 is 2.12 bits per heavy atom. The third-order valence-electron chi connectivity index (χ3n) is 3.82. The lowest BCUT2D eigenvalue weighted by Crippen LogP contribution is -2.16. The minimum atomic E-state index is 0.812. The molecule has 0 aromatic carbocycles. The second-order valence-electron chi connectivity index (χ2n) is 5.40. The van der Waals surface area contributed by atoms with E-state index in [1.54, 1.807) is 24.6 Å². The smallest absolute Gasteiger partial charge is 0.125 e. The Morgan fingerprint density at radius 1 is 1.17 bits per heavy atom. The van der Waals surface area contributed by atoms with E-state index in [4.69, 9.17) is 9.82 Å². The largest absolute Gasteiger partial charge is 0.399 e. The Bertz CT molecular complexity index is 891. The summed E-state index contributed by atoms with van der Waals surface area (Å²) in [5.74, 6) is 0. The van der Waals surface area contributed by atoms with Gasteiger partial charge in [0, 0.05) is 24.2 Å². The summed E-state index contributed by atoms with van der Waals surface area (Å²) in [6, 6.07) is 3.90. The molecule has 0 atom stereocenters. The van der Waals surface area contributed by atoms with E-state index in [9.17, 15) is 0 Å². The number of aromatic nitrogens is 4. The molecule has 3 aromatic heterocycles. The topological polar surface area (TPSA) is 73.2 Å². The maximum atomic E-state index is 4.95. The molecule has 0 saturated carbocycles. The van der Waals surface area contributed by atoms with Crippen LogP contribution in [0.25, 0.3) is 21.1 Å². The summed E-state index contributed by atoms with van der Waals surface area (Å²) < 4.78 is 0. The molecule has 0 saturated heterocycles. The van der Waals surface area contributed by atoms with E-state index in [0.717, 1.165) is 57.5 Å². The van der Waals surface area contributed by atoms with E-state index in [1.165, 1.54) is 0 Å². The molecule has 3 heterocycles. The molecular weight excluding hydrogens is 322 g/mol. The van der Waals surface area contributed by atoms with Crippen LogP contribution in [-0.2, 0) is 11.3 Å². The van der Waals surface area contributed by atoms with Gasteiger partial charge < -0.3 is 4.84 Å². The summed E-state index contributed by atoms with van der Waals surface area (Å²) >= 11 is 1.58. The summed E-state index contributed by atoms with van der Waals surface area (Å²) in [4.78, 5) is 23.9. The number of hydrogen-bond donors (Lipinski definition) is 0. The number of oxime groups is 1. The van der Waals surface area contributed by atoms with Crippen molar-refractivity contribution in [2.45, 2.75) is 19.3 Å². The average Bonchev–Trinajstić information content (AvgIpc) is 3.13. The van der Waals surface area contributed by atoms with Crippen molar-refractivity contribution in [2.75, 3.05) is 7.11 Å². The summed E-state index contributed by atoms with van der Waals surface area (Å²) in [6.07, 6.45) is 10.0. The molecule has 0 aliphatic heterocycles. The van der Waals surface area contributed by atoms with Crippen LogP contribution < -0.4 is 0 Å². The van der Waals surface area contributed by atoms with Crippen molar-refractivity contribution in [3.05, 3.63) is 48.3 Å². The monoisotopic (exact) mass is 337 g/mol. The Morgan fingerprint density at radius 3 is 2.96 bits per heavy atom. The van der Waals surface area contributed by atoms with E-state index in [-0.39, 0.29) is 0 Å². The van der Waals surface area contributed by atoms with Crippen LogP contribution in [0.15, 0.2) is 42.1 Å². The lowest BCUT2D eigenvalue weighted by atomic mass is 9.98. The first-order valence-corrected chi connectivity index (χ1v) is 8.49. The fourth-order valence-corrected chi connectivity index (χ4v) is 3.56. The third kappa shape index (κ3) is 2.78. The summed E-state index contributed by atoms with van der Waals surface area (Å²) in [5.41, 5.74) is 4.51. The molecule has 0 bridgehead atoms. The number of thiazole rings is 1. The van der Waals surface area contributed by atoms with Crippen molar-refractivity contribution in [3.8, 4) is 21.1 Å². The van der Waals surface area contributed by atoms with E-state index in [0.29, 0.717) is 0 Å². The van der Waals surface area contributed by atoms with Crippen molar-refractivity contribution in [2.24, 2.45) is 5.16 Å². The second-order valence-corrected chi connectivity index (χ2v) is 6.43. The SMILES string of the molecule is CO/N=C1\CCCc2ncc(-c3cnc(-c4cccnc4)s3)nc21. The average molecular weight is 337 g/mol. The maximum absolute atomic E-state index is 4.95. The van der Waals surface area contributed by atoms with Crippen molar-refractivity contribution >= 4 is 17.0 Å². The maximum Gasteiger partial charge on any atom is 0.125 e. The molecule has 24 heavy (non-hydrogen) atoms. The van der Waals surface area contributed by atoms with Crippen LogP contribution in [0.3, 0.4) is 0 Å². The van der Waals surface area contributed by atoms with Crippen LogP contribution in [0.2, 0.25) is 0 Å². The molecule has 120 valence electrons. The molecule has 0 spiro atoms. The predicted octanol–water partition coefficient (Wildman–Crippen LogP) is 3.35. The number of hydrogen-bond acceptors (Lipinski definition) is 7. The minimum absolute atomic E-state index is 0.812. The fraction of sp³-hybridized carbons (Fsp3) is 0.235. The fourth-order valence-electron chi connectivity index (χ4n) is 2.70. The summed E-state index contributed by atoms with van der Waals surface area (Å²) in [5, 5.41) is 5.03. The predicted molar refractivity (Wildman–Crippen MR) is 92.9 cm³/mol. The Kier molecular flexibility index (Phi) is 4.00. The number of pyridine rings is 1. The first-order valence-electron chi connectivity index (χ1n) is 7.68. The zero-order valence-electron chi connectivity index (χ0n) is 13.1. The lowest BCUT2D eigenvalue weighted by molar-refractivity contribution is 0.212. The van der Waals surface area contributed by atoms with Crippen molar-refractivity contribution in [3.63, 3.8) is 0 Å². The van der Waals surface area contributed by atoms with Gasteiger partial charge in [-0.2, -0.15) is 0 Å². The van der Waals surface area contributed by atoms with Crippen LogP contribution in [0.4, 0.5) is 0 Å². The van der Waals surface area contributed by atoms with Crippen LogP contribution >= 0.6 is 11.3 Å². The molecule has 7 heteroatoms. The van der Waals surface area contributed by atoms with E-state index >= 15 is 0 Å². The van der Waals surface area contributed by atoms with Gasteiger partial charge in [0.15, 0.2) is 0 Å². The molecule has 0 unspecified atom stereocenters. The molecule has 1 aliphatic carbocycles. The van der Waals surface area contributed by atoms with E-state index in [1.807, 2.05) is 30.7 Å². The molecule has 0 N–H and O–H groups in total. The molecule has 0 radical (unpaired) electrons. The van der Waals surface area contributed by atoms with Gasteiger partial charge in [-0.1, -0.05) is 5.16 Å².